The molecule has 2 heterocycles. The van der Waals surface area contributed by atoms with E-state index in [1.165, 1.54) is 12.8 Å². The number of carbonyl (C=O) groups excluding carboxylic acids is 1. The number of carbonyl (C=O) groups is 2. The number of alkyl halides is 2. The summed E-state index contributed by atoms with van der Waals surface area (Å²) >= 11 is 1.70. The van der Waals surface area contributed by atoms with Gasteiger partial charge in [0.05, 0.1) is 11.2 Å². The number of rotatable bonds is 9. The molecule has 6 fully saturated rings. The number of hydrogen-bond donors (Lipinski definition) is 2. The van der Waals surface area contributed by atoms with E-state index in [1.54, 1.807) is 11.8 Å². The summed E-state index contributed by atoms with van der Waals surface area (Å²) < 4.78 is 31.6. The number of hydrogen-bond acceptors (Lipinski definition) is 6. The number of pyridine rings is 1. The van der Waals surface area contributed by atoms with Crippen LogP contribution in [0.4, 0.5) is 14.6 Å². The number of ether oxygens (including phenoxy) is 1. The third-order valence-electron chi connectivity index (χ3n) is 9.83. The molecule has 5 saturated carbocycles. The predicted octanol–water partition coefficient (Wildman–Crippen LogP) is 5.72. The molecule has 1 aromatic rings. The number of aliphatic carboxylic acids is 1. The lowest BCUT2D eigenvalue weighted by Crippen LogP contribution is -2.62. The zero-order chi connectivity index (χ0) is 27.1. The van der Waals surface area contributed by atoms with Crippen LogP contribution in [0.1, 0.15) is 87.4 Å². The molecule has 4 bridgehead atoms. The molecule has 1 aromatic heterocycles. The molecule has 7 rings (SSSR count). The van der Waals surface area contributed by atoms with E-state index in [4.69, 9.17) is 9.72 Å². The Kier molecular flexibility index (Phi) is 7.79. The lowest BCUT2D eigenvalue weighted by molar-refractivity contribution is -0.260. The zero-order valence-corrected chi connectivity index (χ0v) is 23.1. The van der Waals surface area contributed by atoms with Gasteiger partial charge < -0.3 is 20.1 Å². The summed E-state index contributed by atoms with van der Waals surface area (Å²) in [5, 5.41) is 13.8. The maximum Gasteiger partial charge on any atom is 0.345 e. The summed E-state index contributed by atoms with van der Waals surface area (Å²) in [6, 6.07) is 3.76. The Hall–Kier alpha value is -1.94. The van der Waals surface area contributed by atoms with Gasteiger partial charge >= 0.3 is 12.6 Å². The van der Waals surface area contributed by atoms with Crippen LogP contribution in [0.5, 0.6) is 0 Å². The fourth-order valence-corrected chi connectivity index (χ4v) is 9.79. The Balaban J connectivity index is 1.20. The summed E-state index contributed by atoms with van der Waals surface area (Å²) in [5.41, 5.74) is -0.145. The average molecular weight is 564 g/mol. The van der Waals surface area contributed by atoms with Gasteiger partial charge in [0.1, 0.15) is 10.8 Å². The van der Waals surface area contributed by atoms with Crippen LogP contribution in [0.2, 0.25) is 0 Å². The number of nitrogens with one attached hydrogen (secondary N) is 1. The molecular weight excluding hydrogens is 524 g/mol. The van der Waals surface area contributed by atoms with Crippen LogP contribution < -0.4 is 10.2 Å². The van der Waals surface area contributed by atoms with Crippen molar-refractivity contribution in [2.45, 2.75) is 106 Å². The smallest absolute Gasteiger partial charge is 0.345 e. The van der Waals surface area contributed by atoms with Crippen molar-refractivity contribution in [1.82, 2.24) is 10.3 Å². The highest BCUT2D eigenvalue weighted by Crippen LogP contribution is 2.57. The van der Waals surface area contributed by atoms with Gasteiger partial charge in [0.2, 0.25) is 0 Å². The number of carboxylic acid groups (broad SMARTS) is 1. The maximum atomic E-state index is 13.8. The number of thioether (sulfide) groups is 1. The van der Waals surface area contributed by atoms with Gasteiger partial charge in [-0.1, -0.05) is 12.8 Å². The van der Waals surface area contributed by atoms with Crippen LogP contribution in [0.15, 0.2) is 17.2 Å². The van der Waals surface area contributed by atoms with Crippen LogP contribution in [-0.2, 0) is 9.53 Å². The molecule has 214 valence electrons. The van der Waals surface area contributed by atoms with Crippen LogP contribution in [-0.4, -0.2) is 58.6 Å². The molecule has 6 aliphatic rings. The minimum Gasteiger partial charge on any atom is -0.481 e. The molecule has 39 heavy (non-hydrogen) atoms. The van der Waals surface area contributed by atoms with Crippen molar-refractivity contribution in [2.24, 2.45) is 23.7 Å². The molecule has 2 N–H and O–H groups in total. The summed E-state index contributed by atoms with van der Waals surface area (Å²) in [5.74, 6) is 0.740. The van der Waals surface area contributed by atoms with E-state index in [2.05, 4.69) is 10.2 Å². The minimum absolute atomic E-state index is 0.0219. The summed E-state index contributed by atoms with van der Waals surface area (Å²) in [4.78, 5) is 32.2. The normalized spacial score (nSPS) is 34.1. The fraction of sp³-hybridized carbons (Fsp3) is 0.759. The topological polar surface area (TPSA) is 91.8 Å². The van der Waals surface area contributed by atoms with Crippen LogP contribution >= 0.6 is 11.8 Å². The Morgan fingerprint density at radius 2 is 1.87 bits per heavy atom. The Labute approximate surface area is 232 Å². The minimum atomic E-state index is -2.76. The average Bonchev–Trinajstić information content (AvgIpc) is 3.38. The lowest BCUT2D eigenvalue weighted by atomic mass is 9.52. The SMILES string of the molecule is O=C(O)C[C@@H]1CCCN(c2ccc(C(=O)NC3C4CC5CC3CC(OC(F)F)(C5)C4)c(SC3CCCC3)n2)C1. The first-order valence-corrected chi connectivity index (χ1v) is 15.6. The highest BCUT2D eigenvalue weighted by Gasteiger charge is 2.57. The second kappa shape index (κ2) is 11.1. The number of carboxylic acids is 1. The first kappa shape index (κ1) is 27.2. The molecule has 10 heteroatoms. The van der Waals surface area contributed by atoms with Gasteiger partial charge in [0, 0.05) is 30.8 Å². The van der Waals surface area contributed by atoms with Gasteiger partial charge in [-0.2, -0.15) is 8.78 Å². The molecule has 5 aliphatic carbocycles. The molecule has 0 radical (unpaired) electrons. The van der Waals surface area contributed by atoms with Crippen LogP contribution in [0.3, 0.4) is 0 Å². The summed E-state index contributed by atoms with van der Waals surface area (Å²) in [6.45, 7) is -1.27. The van der Waals surface area contributed by atoms with E-state index >= 15 is 0 Å². The van der Waals surface area contributed by atoms with Gasteiger partial charge in [0.15, 0.2) is 0 Å². The van der Waals surface area contributed by atoms with Crippen molar-refractivity contribution in [3.63, 3.8) is 0 Å². The van der Waals surface area contributed by atoms with Gasteiger partial charge in [-0.15, -0.1) is 11.8 Å². The second-order valence-electron chi connectivity index (χ2n) is 12.6. The first-order chi connectivity index (χ1) is 18.8. The van der Waals surface area contributed by atoms with Crippen molar-refractivity contribution >= 4 is 29.5 Å². The summed E-state index contributed by atoms with van der Waals surface area (Å²) in [7, 11) is 0. The van der Waals surface area contributed by atoms with Crippen molar-refractivity contribution in [1.29, 1.82) is 0 Å². The summed E-state index contributed by atoms with van der Waals surface area (Å²) in [6.07, 6.45) is 10.4. The van der Waals surface area contributed by atoms with E-state index in [0.29, 0.717) is 42.5 Å². The largest absolute Gasteiger partial charge is 0.481 e. The van der Waals surface area contributed by atoms with Crippen LogP contribution in [0.25, 0.3) is 0 Å². The number of aromatic nitrogens is 1. The fourth-order valence-electron chi connectivity index (χ4n) is 8.47. The van der Waals surface area contributed by atoms with Crippen molar-refractivity contribution in [3.05, 3.63) is 17.7 Å². The van der Waals surface area contributed by atoms with Gasteiger partial charge in [-0.05, 0) is 93.6 Å². The molecule has 1 aliphatic heterocycles. The molecule has 3 atom stereocenters. The number of amides is 1. The standard InChI is InChI=1S/C29H39F2N3O4S/c30-28(31)38-29-13-18-10-19(14-29)25(20(11-18)15-29)33-26(37)22-7-8-23(32-27(22)39-21-5-1-2-6-21)34-9-3-4-17(16-34)12-24(35)36/h7-8,17-21,25,28H,1-6,9-16H2,(H,33,37)(H,35,36)/t17-,18?,19?,20?,25?,29?/m0/s1. The van der Waals surface area contributed by atoms with Crippen LogP contribution in [0, 0.1) is 23.7 Å². The predicted molar refractivity (Wildman–Crippen MR) is 144 cm³/mol. The third-order valence-corrected chi connectivity index (χ3v) is 11.2. The zero-order valence-electron chi connectivity index (χ0n) is 22.3. The monoisotopic (exact) mass is 563 g/mol. The Morgan fingerprint density at radius 1 is 1.13 bits per heavy atom. The van der Waals surface area contributed by atoms with Gasteiger partial charge in [0.25, 0.3) is 5.91 Å². The first-order valence-electron chi connectivity index (χ1n) is 14.7. The quantitative estimate of drug-likeness (QED) is 0.397. The molecule has 0 aromatic carbocycles. The van der Waals surface area contributed by atoms with Crippen molar-refractivity contribution in [2.75, 3.05) is 18.0 Å². The van der Waals surface area contributed by atoms with E-state index in [0.717, 1.165) is 55.9 Å². The molecule has 0 spiro atoms. The van der Waals surface area contributed by atoms with E-state index < -0.39 is 18.2 Å². The maximum absolute atomic E-state index is 13.8. The molecule has 7 nitrogen and oxygen atoms in total. The Morgan fingerprint density at radius 3 is 2.56 bits per heavy atom. The van der Waals surface area contributed by atoms with E-state index in [1.807, 2.05) is 12.1 Å². The molecule has 1 saturated heterocycles. The Bertz CT molecular complexity index is 1060. The highest BCUT2D eigenvalue weighted by molar-refractivity contribution is 7.99. The van der Waals surface area contributed by atoms with Crippen molar-refractivity contribution in [3.8, 4) is 0 Å². The lowest BCUT2D eigenvalue weighted by Gasteiger charge is -2.59. The van der Waals surface area contributed by atoms with Gasteiger partial charge in [-0.3, -0.25) is 9.59 Å². The number of anilines is 1. The van der Waals surface area contributed by atoms with Crippen molar-refractivity contribution < 1.29 is 28.2 Å². The molecule has 1 amide bonds. The second-order valence-corrected chi connectivity index (χ2v) is 13.9. The van der Waals surface area contributed by atoms with Gasteiger partial charge in [-0.25, -0.2) is 4.98 Å². The van der Waals surface area contributed by atoms with E-state index in [9.17, 15) is 23.5 Å². The number of nitrogens with zero attached hydrogens (tertiary/aromatic N) is 2. The van der Waals surface area contributed by atoms with E-state index in [-0.39, 0.29) is 36.1 Å². The number of halogens is 2. The molecular formula is C29H39F2N3O4S. The number of piperidine rings is 1. The third kappa shape index (κ3) is 5.92. The highest BCUT2D eigenvalue weighted by atomic mass is 32.2. The molecule has 2 unspecified atom stereocenters.